The van der Waals surface area contributed by atoms with Gasteiger partial charge >= 0.3 is 6.16 Å². The van der Waals surface area contributed by atoms with Crippen molar-refractivity contribution in [3.8, 4) is 0 Å². The average Bonchev–Trinajstić information content (AvgIpc) is 2.67. The van der Waals surface area contributed by atoms with E-state index in [1.165, 1.54) is 57.8 Å². The Hall–Kier alpha value is -1.25. The molecule has 0 aromatic heterocycles. The zero-order valence-electron chi connectivity index (χ0n) is 18.9. The van der Waals surface area contributed by atoms with Crippen molar-refractivity contribution in [3.05, 3.63) is 24.3 Å². The lowest BCUT2D eigenvalue weighted by molar-refractivity contribution is 0.0524. The maximum Gasteiger partial charge on any atom is 0.508 e. The van der Waals surface area contributed by atoms with Crippen LogP contribution >= 0.6 is 0 Å². The molecule has 0 amide bonds. The number of unbranched alkanes of at least 4 members (excludes halogenated alkanes) is 9. The highest BCUT2D eigenvalue weighted by Crippen LogP contribution is 2.09. The van der Waals surface area contributed by atoms with Gasteiger partial charge in [0, 0.05) is 0 Å². The van der Waals surface area contributed by atoms with Gasteiger partial charge in [-0.25, -0.2) is 4.79 Å². The Morgan fingerprint density at radius 3 is 1.86 bits per heavy atom. The van der Waals surface area contributed by atoms with Gasteiger partial charge in [0.2, 0.25) is 0 Å². The van der Waals surface area contributed by atoms with E-state index in [9.17, 15) is 4.79 Å². The molecule has 3 heteroatoms. The van der Waals surface area contributed by atoms with Crippen LogP contribution in [0.3, 0.4) is 0 Å². The van der Waals surface area contributed by atoms with Crippen LogP contribution in [0.5, 0.6) is 0 Å². The predicted molar refractivity (Wildman–Crippen MR) is 121 cm³/mol. The van der Waals surface area contributed by atoms with Crippen LogP contribution in [0, 0.1) is 5.92 Å². The quantitative estimate of drug-likeness (QED) is 0.125. The van der Waals surface area contributed by atoms with Crippen molar-refractivity contribution in [2.45, 2.75) is 111 Å². The van der Waals surface area contributed by atoms with Crippen LogP contribution < -0.4 is 0 Å². The Balaban J connectivity index is 3.24. The van der Waals surface area contributed by atoms with E-state index in [0.717, 1.165) is 32.1 Å². The Bertz CT molecular complexity index is 385. The normalized spacial score (nSPS) is 11.7. The third-order valence-corrected chi connectivity index (χ3v) is 4.71. The molecule has 164 valence electrons. The van der Waals surface area contributed by atoms with E-state index >= 15 is 0 Å². The van der Waals surface area contributed by atoms with Crippen LogP contribution in [0.4, 0.5) is 4.79 Å². The predicted octanol–water partition coefficient (Wildman–Crippen LogP) is 8.39. The fourth-order valence-corrected chi connectivity index (χ4v) is 2.93. The summed E-state index contributed by atoms with van der Waals surface area (Å²) in [5.41, 5.74) is 0. The molecule has 0 rings (SSSR count). The van der Waals surface area contributed by atoms with Crippen molar-refractivity contribution < 1.29 is 14.3 Å². The van der Waals surface area contributed by atoms with Gasteiger partial charge in [0.15, 0.2) is 0 Å². The molecule has 0 aromatic carbocycles. The molecule has 0 heterocycles. The molecule has 3 nitrogen and oxygen atoms in total. The molecular formula is C25H46O3. The van der Waals surface area contributed by atoms with E-state index in [1.54, 1.807) is 0 Å². The van der Waals surface area contributed by atoms with Gasteiger partial charge in [-0.1, -0.05) is 83.6 Å². The second-order valence-electron chi connectivity index (χ2n) is 8.07. The van der Waals surface area contributed by atoms with Crippen LogP contribution in [0.1, 0.15) is 111 Å². The second kappa shape index (κ2) is 22.0. The first-order chi connectivity index (χ1) is 13.7. The fraction of sp³-hybridized carbons (Fsp3) is 0.800. The maximum absolute atomic E-state index is 11.4. The van der Waals surface area contributed by atoms with E-state index in [4.69, 9.17) is 9.47 Å². The summed E-state index contributed by atoms with van der Waals surface area (Å²) in [6.45, 7) is 7.54. The monoisotopic (exact) mass is 394 g/mol. The third-order valence-electron chi connectivity index (χ3n) is 4.71. The first-order valence-electron chi connectivity index (χ1n) is 11.8. The lowest BCUT2D eigenvalue weighted by atomic mass is 10.1. The van der Waals surface area contributed by atoms with Gasteiger partial charge in [0.25, 0.3) is 0 Å². The molecule has 0 aromatic rings. The Morgan fingerprint density at radius 1 is 0.714 bits per heavy atom. The SMILES string of the molecule is CCCCCC=CCC=CCCCCCCCCOC(=O)OCCCC(C)C. The van der Waals surface area contributed by atoms with Crippen LogP contribution in [0.25, 0.3) is 0 Å². The minimum atomic E-state index is -0.508. The number of rotatable bonds is 19. The summed E-state index contributed by atoms with van der Waals surface area (Å²) < 4.78 is 10.1. The molecule has 0 aliphatic rings. The summed E-state index contributed by atoms with van der Waals surface area (Å²) in [5, 5.41) is 0. The summed E-state index contributed by atoms with van der Waals surface area (Å²) in [6, 6.07) is 0. The number of carbonyl (C=O) groups excluding carboxylic acids is 1. The molecule has 0 radical (unpaired) electrons. The number of hydrogen-bond donors (Lipinski definition) is 0. The molecule has 0 spiro atoms. The third kappa shape index (κ3) is 22.8. The van der Waals surface area contributed by atoms with E-state index in [-0.39, 0.29) is 0 Å². The minimum absolute atomic E-state index is 0.473. The molecule has 0 N–H and O–H groups in total. The number of ether oxygens (including phenoxy) is 2. The first kappa shape index (κ1) is 26.8. The van der Waals surface area contributed by atoms with Crippen molar-refractivity contribution in [2.75, 3.05) is 13.2 Å². The zero-order chi connectivity index (χ0) is 20.7. The molecule has 0 fully saturated rings. The summed E-state index contributed by atoms with van der Waals surface area (Å²) >= 11 is 0. The Morgan fingerprint density at radius 2 is 1.25 bits per heavy atom. The summed E-state index contributed by atoms with van der Waals surface area (Å²) in [5.74, 6) is 0.651. The van der Waals surface area contributed by atoms with Gasteiger partial charge in [0.05, 0.1) is 13.2 Å². The van der Waals surface area contributed by atoms with Crippen molar-refractivity contribution in [2.24, 2.45) is 5.92 Å². The van der Waals surface area contributed by atoms with E-state index in [1.807, 2.05) is 0 Å². The van der Waals surface area contributed by atoms with E-state index < -0.39 is 6.16 Å². The lowest BCUT2D eigenvalue weighted by Gasteiger charge is -2.07. The largest absolute Gasteiger partial charge is 0.508 e. The zero-order valence-corrected chi connectivity index (χ0v) is 18.9. The summed E-state index contributed by atoms with van der Waals surface area (Å²) in [4.78, 5) is 11.4. The standard InChI is InChI=1S/C25H46O3/c1-4-5-6-7-8-9-10-11-12-13-14-15-16-17-18-19-22-27-25(26)28-23-20-21-24(2)3/h8-9,11-12,24H,4-7,10,13-23H2,1-3H3. The van der Waals surface area contributed by atoms with Gasteiger partial charge in [0.1, 0.15) is 0 Å². The van der Waals surface area contributed by atoms with E-state index in [2.05, 4.69) is 45.1 Å². The van der Waals surface area contributed by atoms with Gasteiger partial charge < -0.3 is 9.47 Å². The topological polar surface area (TPSA) is 35.5 Å². The molecule has 0 bridgehead atoms. The van der Waals surface area contributed by atoms with Gasteiger partial charge in [-0.15, -0.1) is 0 Å². The van der Waals surface area contributed by atoms with Crippen molar-refractivity contribution in [3.63, 3.8) is 0 Å². The molecule has 28 heavy (non-hydrogen) atoms. The maximum atomic E-state index is 11.4. The Kier molecular flexibility index (Phi) is 21.1. The molecule has 0 saturated carbocycles. The minimum Gasteiger partial charge on any atom is -0.434 e. The first-order valence-corrected chi connectivity index (χ1v) is 11.8. The summed E-state index contributed by atoms with van der Waals surface area (Å²) in [6.07, 6.45) is 25.3. The molecule has 0 unspecified atom stereocenters. The van der Waals surface area contributed by atoms with Crippen molar-refractivity contribution in [1.29, 1.82) is 0 Å². The number of hydrogen-bond acceptors (Lipinski definition) is 3. The van der Waals surface area contributed by atoms with Gasteiger partial charge in [-0.3, -0.25) is 0 Å². The van der Waals surface area contributed by atoms with Crippen LogP contribution in [0.2, 0.25) is 0 Å². The molecule has 0 aliphatic heterocycles. The van der Waals surface area contributed by atoms with Crippen molar-refractivity contribution in [1.82, 2.24) is 0 Å². The van der Waals surface area contributed by atoms with E-state index in [0.29, 0.717) is 19.1 Å². The van der Waals surface area contributed by atoms with Crippen LogP contribution in [-0.2, 0) is 9.47 Å². The highest BCUT2D eigenvalue weighted by molar-refractivity contribution is 5.59. The lowest BCUT2D eigenvalue weighted by Crippen LogP contribution is -2.09. The Labute approximate surface area is 175 Å². The summed E-state index contributed by atoms with van der Waals surface area (Å²) in [7, 11) is 0. The smallest absolute Gasteiger partial charge is 0.434 e. The van der Waals surface area contributed by atoms with Crippen LogP contribution in [-0.4, -0.2) is 19.4 Å². The highest BCUT2D eigenvalue weighted by atomic mass is 16.7. The molecule has 0 atom stereocenters. The highest BCUT2D eigenvalue weighted by Gasteiger charge is 2.03. The van der Waals surface area contributed by atoms with Gasteiger partial charge in [-0.2, -0.15) is 0 Å². The average molecular weight is 395 g/mol. The number of allylic oxidation sites excluding steroid dienone is 4. The molecule has 0 aliphatic carbocycles. The second-order valence-corrected chi connectivity index (χ2v) is 8.07. The molecular weight excluding hydrogens is 348 g/mol. The van der Waals surface area contributed by atoms with Crippen LogP contribution in [0.15, 0.2) is 24.3 Å². The fourth-order valence-electron chi connectivity index (χ4n) is 2.93. The number of carbonyl (C=O) groups is 1. The molecule has 0 saturated heterocycles. The van der Waals surface area contributed by atoms with Gasteiger partial charge in [-0.05, 0) is 57.3 Å². The van der Waals surface area contributed by atoms with Crippen molar-refractivity contribution >= 4 is 6.16 Å².